The van der Waals surface area contributed by atoms with E-state index in [0.717, 1.165) is 13.1 Å². The van der Waals surface area contributed by atoms with E-state index in [1.165, 1.54) is 12.1 Å². The number of primary amides is 1. The van der Waals surface area contributed by atoms with E-state index in [9.17, 15) is 9.18 Å². The lowest BCUT2D eigenvalue weighted by Gasteiger charge is -2.35. The van der Waals surface area contributed by atoms with Crippen LogP contribution in [0.5, 0.6) is 0 Å². The summed E-state index contributed by atoms with van der Waals surface area (Å²) >= 11 is 0. The number of carbonyl (C=O) groups excluding carboxylic acids is 1. The molecular formula is C19H19FN6O2. The Balaban J connectivity index is 1.38. The molecule has 28 heavy (non-hydrogen) atoms. The van der Waals surface area contributed by atoms with Crippen LogP contribution < -0.4 is 10.6 Å². The summed E-state index contributed by atoms with van der Waals surface area (Å²) in [5, 5.41) is 8.07. The van der Waals surface area contributed by atoms with Crippen LogP contribution in [0.2, 0.25) is 0 Å². The third kappa shape index (κ3) is 3.84. The van der Waals surface area contributed by atoms with Gasteiger partial charge in [-0.1, -0.05) is 6.07 Å². The number of piperazine rings is 1. The first kappa shape index (κ1) is 18.1. The fourth-order valence-electron chi connectivity index (χ4n) is 3.21. The Morgan fingerprint density at radius 1 is 1.14 bits per heavy atom. The third-order valence-electron chi connectivity index (χ3n) is 4.62. The van der Waals surface area contributed by atoms with Crippen LogP contribution in [-0.4, -0.2) is 52.2 Å². The highest BCUT2D eigenvalue weighted by atomic mass is 19.1. The standard InChI is InChI=1S/C19H19FN6O2/c20-14-4-1-3-13(11-14)19-24-23-16(28-19)12-25-7-9-26(10-8-25)18-15(17(21)27)5-2-6-22-18/h1-6,11H,7-10,12H2,(H2,21,27). The number of anilines is 1. The zero-order valence-electron chi connectivity index (χ0n) is 15.1. The summed E-state index contributed by atoms with van der Waals surface area (Å²) in [6, 6.07) is 9.44. The van der Waals surface area contributed by atoms with Crippen LogP contribution in [0.3, 0.4) is 0 Å². The summed E-state index contributed by atoms with van der Waals surface area (Å²) in [6.07, 6.45) is 1.65. The highest BCUT2D eigenvalue weighted by molar-refractivity contribution is 5.97. The Morgan fingerprint density at radius 3 is 2.71 bits per heavy atom. The van der Waals surface area contributed by atoms with Gasteiger partial charge < -0.3 is 15.1 Å². The van der Waals surface area contributed by atoms with E-state index in [1.54, 1.807) is 30.5 Å². The van der Waals surface area contributed by atoms with Crippen molar-refractivity contribution < 1.29 is 13.6 Å². The number of hydrogen-bond donors (Lipinski definition) is 1. The number of amides is 1. The Labute approximate surface area is 160 Å². The van der Waals surface area contributed by atoms with Gasteiger partial charge in [0.1, 0.15) is 11.6 Å². The predicted molar refractivity (Wildman–Crippen MR) is 99.9 cm³/mol. The summed E-state index contributed by atoms with van der Waals surface area (Å²) in [5.74, 6) is 0.552. The van der Waals surface area contributed by atoms with Crippen molar-refractivity contribution in [1.82, 2.24) is 20.1 Å². The summed E-state index contributed by atoms with van der Waals surface area (Å²) in [4.78, 5) is 20.1. The van der Waals surface area contributed by atoms with Gasteiger partial charge in [-0.2, -0.15) is 0 Å². The van der Waals surface area contributed by atoms with Crippen LogP contribution in [0.4, 0.5) is 10.2 Å². The molecule has 8 nitrogen and oxygen atoms in total. The molecule has 0 radical (unpaired) electrons. The van der Waals surface area contributed by atoms with Crippen molar-refractivity contribution in [2.75, 3.05) is 31.1 Å². The van der Waals surface area contributed by atoms with Gasteiger partial charge in [-0.3, -0.25) is 9.69 Å². The largest absolute Gasteiger partial charge is 0.419 e. The molecule has 3 heterocycles. The SMILES string of the molecule is NC(=O)c1cccnc1N1CCN(Cc2nnc(-c3cccc(F)c3)o2)CC1. The average Bonchev–Trinajstić information content (AvgIpc) is 3.17. The Kier molecular flexibility index (Phi) is 4.98. The second-order valence-corrected chi connectivity index (χ2v) is 6.51. The molecule has 1 aromatic carbocycles. The van der Waals surface area contributed by atoms with Gasteiger partial charge in [0, 0.05) is 37.9 Å². The maximum absolute atomic E-state index is 13.4. The molecule has 1 aliphatic rings. The molecule has 0 aliphatic carbocycles. The minimum Gasteiger partial charge on any atom is -0.419 e. The fourth-order valence-corrected chi connectivity index (χ4v) is 3.21. The molecule has 144 valence electrons. The van der Waals surface area contributed by atoms with Gasteiger partial charge in [0.05, 0.1) is 12.1 Å². The van der Waals surface area contributed by atoms with Crippen molar-refractivity contribution in [2.24, 2.45) is 5.73 Å². The first-order valence-electron chi connectivity index (χ1n) is 8.90. The van der Waals surface area contributed by atoms with Gasteiger partial charge in [0.15, 0.2) is 0 Å². The van der Waals surface area contributed by atoms with E-state index < -0.39 is 5.91 Å². The number of pyridine rings is 1. The third-order valence-corrected chi connectivity index (χ3v) is 4.62. The van der Waals surface area contributed by atoms with Crippen molar-refractivity contribution in [3.8, 4) is 11.5 Å². The highest BCUT2D eigenvalue weighted by Gasteiger charge is 2.23. The molecule has 0 bridgehead atoms. The van der Waals surface area contributed by atoms with Crippen LogP contribution >= 0.6 is 0 Å². The molecule has 3 aromatic rings. The smallest absolute Gasteiger partial charge is 0.252 e. The number of benzene rings is 1. The summed E-state index contributed by atoms with van der Waals surface area (Å²) in [7, 11) is 0. The van der Waals surface area contributed by atoms with E-state index >= 15 is 0 Å². The lowest BCUT2D eigenvalue weighted by Crippen LogP contribution is -2.46. The van der Waals surface area contributed by atoms with Crippen LogP contribution in [0.25, 0.3) is 11.5 Å². The molecule has 0 unspecified atom stereocenters. The number of nitrogens with two attached hydrogens (primary N) is 1. The van der Waals surface area contributed by atoms with E-state index in [-0.39, 0.29) is 5.82 Å². The minimum absolute atomic E-state index is 0.299. The molecule has 4 rings (SSSR count). The molecule has 2 N–H and O–H groups in total. The molecule has 1 amide bonds. The molecule has 0 saturated carbocycles. The highest BCUT2D eigenvalue weighted by Crippen LogP contribution is 2.21. The van der Waals surface area contributed by atoms with Crippen molar-refractivity contribution in [1.29, 1.82) is 0 Å². The topological polar surface area (TPSA) is 101 Å². The van der Waals surface area contributed by atoms with Crippen molar-refractivity contribution in [3.63, 3.8) is 0 Å². The first-order chi connectivity index (χ1) is 13.6. The van der Waals surface area contributed by atoms with Crippen molar-refractivity contribution in [3.05, 3.63) is 59.9 Å². The molecule has 1 aliphatic heterocycles. The van der Waals surface area contributed by atoms with Gasteiger partial charge >= 0.3 is 0 Å². The maximum atomic E-state index is 13.4. The number of aromatic nitrogens is 3. The number of hydrogen-bond acceptors (Lipinski definition) is 7. The van der Waals surface area contributed by atoms with Crippen LogP contribution in [-0.2, 0) is 6.54 Å². The predicted octanol–water partition coefficient (Wildman–Crippen LogP) is 1.69. The van der Waals surface area contributed by atoms with E-state index in [2.05, 4.69) is 20.1 Å². The zero-order chi connectivity index (χ0) is 19.5. The molecule has 9 heteroatoms. The lowest BCUT2D eigenvalue weighted by molar-refractivity contribution is 0.1000. The average molecular weight is 382 g/mol. The van der Waals surface area contributed by atoms with E-state index in [0.29, 0.717) is 48.4 Å². The second kappa shape index (κ2) is 7.73. The molecule has 1 fully saturated rings. The monoisotopic (exact) mass is 382 g/mol. The Bertz CT molecular complexity index is 984. The zero-order valence-corrected chi connectivity index (χ0v) is 15.1. The molecule has 0 spiro atoms. The fraction of sp³-hybridized carbons (Fsp3) is 0.263. The van der Waals surface area contributed by atoms with Crippen LogP contribution in [0.1, 0.15) is 16.2 Å². The minimum atomic E-state index is -0.485. The van der Waals surface area contributed by atoms with Crippen LogP contribution in [0, 0.1) is 5.82 Å². The quantitative estimate of drug-likeness (QED) is 0.716. The van der Waals surface area contributed by atoms with E-state index in [4.69, 9.17) is 10.2 Å². The van der Waals surface area contributed by atoms with Crippen molar-refractivity contribution in [2.45, 2.75) is 6.54 Å². The number of nitrogens with zero attached hydrogens (tertiary/aromatic N) is 5. The maximum Gasteiger partial charge on any atom is 0.252 e. The summed E-state index contributed by atoms with van der Waals surface area (Å²) in [5.41, 5.74) is 6.42. The van der Waals surface area contributed by atoms with Gasteiger partial charge in [0.2, 0.25) is 11.8 Å². The second-order valence-electron chi connectivity index (χ2n) is 6.51. The molecule has 0 atom stereocenters. The van der Waals surface area contributed by atoms with Crippen molar-refractivity contribution >= 4 is 11.7 Å². The Morgan fingerprint density at radius 2 is 1.96 bits per heavy atom. The van der Waals surface area contributed by atoms with E-state index in [1.807, 2.05) is 4.90 Å². The summed E-state index contributed by atoms with van der Waals surface area (Å²) < 4.78 is 19.0. The number of rotatable bonds is 5. The number of halogens is 1. The lowest BCUT2D eigenvalue weighted by atomic mass is 10.2. The van der Waals surface area contributed by atoms with Crippen LogP contribution in [0.15, 0.2) is 47.0 Å². The van der Waals surface area contributed by atoms with Gasteiger partial charge in [0.25, 0.3) is 5.91 Å². The molecule has 2 aromatic heterocycles. The van der Waals surface area contributed by atoms with Gasteiger partial charge in [-0.05, 0) is 30.3 Å². The molecular weight excluding hydrogens is 363 g/mol. The van der Waals surface area contributed by atoms with Gasteiger partial charge in [-0.15, -0.1) is 10.2 Å². The Hall–Kier alpha value is -3.33. The number of carbonyl (C=O) groups is 1. The summed E-state index contributed by atoms with van der Waals surface area (Å²) in [6.45, 7) is 3.38. The molecule has 1 saturated heterocycles. The van der Waals surface area contributed by atoms with Gasteiger partial charge in [-0.25, -0.2) is 9.37 Å². The first-order valence-corrected chi connectivity index (χ1v) is 8.90. The normalized spacial score (nSPS) is 15.0.